The van der Waals surface area contributed by atoms with Crippen LogP contribution in [0.25, 0.3) is 12.2 Å². The number of halogens is 5. The van der Waals surface area contributed by atoms with Crippen molar-refractivity contribution in [3.05, 3.63) is 99.9 Å². The van der Waals surface area contributed by atoms with Crippen molar-refractivity contribution >= 4 is 18.1 Å². The van der Waals surface area contributed by atoms with Gasteiger partial charge in [-0.1, -0.05) is 49.8 Å². The number of esters is 1. The van der Waals surface area contributed by atoms with E-state index in [2.05, 4.69) is 11.7 Å². The van der Waals surface area contributed by atoms with Crippen LogP contribution in [0.1, 0.15) is 40.4 Å². The Kier molecular flexibility index (Phi) is 6.84. The molecular formula is C24H17F5O2. The molecule has 0 saturated carbocycles. The van der Waals surface area contributed by atoms with E-state index < -0.39 is 46.4 Å². The molecule has 2 nitrogen and oxygen atoms in total. The Morgan fingerprint density at radius 1 is 0.806 bits per heavy atom. The van der Waals surface area contributed by atoms with Gasteiger partial charge < -0.3 is 4.74 Å². The van der Waals surface area contributed by atoms with Crippen molar-refractivity contribution in [2.75, 3.05) is 0 Å². The van der Waals surface area contributed by atoms with E-state index in [1.165, 1.54) is 11.6 Å². The largest absolute Gasteiger partial charge is 0.423 e. The summed E-state index contributed by atoms with van der Waals surface area (Å²) in [6.45, 7) is 2.08. The van der Waals surface area contributed by atoms with E-state index in [1.54, 1.807) is 6.08 Å². The maximum atomic E-state index is 14.4. The van der Waals surface area contributed by atoms with Crippen molar-refractivity contribution in [3.63, 3.8) is 0 Å². The van der Waals surface area contributed by atoms with Crippen molar-refractivity contribution in [1.82, 2.24) is 0 Å². The molecule has 0 bridgehead atoms. The van der Waals surface area contributed by atoms with Crippen LogP contribution in [0.4, 0.5) is 22.0 Å². The Labute approximate surface area is 175 Å². The zero-order chi connectivity index (χ0) is 22.5. The smallest absolute Gasteiger partial charge is 0.349 e. The van der Waals surface area contributed by atoms with Crippen LogP contribution in [0, 0.1) is 29.1 Å². The first kappa shape index (κ1) is 22.2. The molecule has 0 aliphatic heterocycles. The minimum absolute atomic E-state index is 0.156. The molecule has 3 rings (SSSR count). The van der Waals surface area contributed by atoms with E-state index in [1.807, 2.05) is 24.3 Å². The van der Waals surface area contributed by atoms with Gasteiger partial charge in [0.05, 0.1) is 0 Å². The van der Waals surface area contributed by atoms with Gasteiger partial charge >= 0.3 is 5.97 Å². The summed E-state index contributed by atoms with van der Waals surface area (Å²) in [6.07, 6.45) is 5.11. The number of benzene rings is 3. The molecule has 0 aliphatic rings. The van der Waals surface area contributed by atoms with Crippen molar-refractivity contribution < 1.29 is 31.5 Å². The van der Waals surface area contributed by atoms with E-state index in [0.717, 1.165) is 30.5 Å². The quantitative estimate of drug-likeness (QED) is 0.142. The summed E-state index contributed by atoms with van der Waals surface area (Å²) in [4.78, 5) is 12.1. The van der Waals surface area contributed by atoms with E-state index in [0.29, 0.717) is 12.1 Å². The third kappa shape index (κ3) is 5.36. The standard InChI is InChI=1S/C24H17F5O2/c1-2-3-14-4-6-15(7-5-14)8-9-16-10-18(25)22(19(26)11-16)24(30)31-17-12-20(27)23(29)21(28)13-17/h4-13H,2-3H2,1H3. The van der Waals surface area contributed by atoms with Crippen LogP contribution in [0.3, 0.4) is 0 Å². The number of carbonyl (C=O) groups excluding carboxylic acids is 1. The molecule has 3 aromatic carbocycles. The van der Waals surface area contributed by atoms with Crippen LogP contribution < -0.4 is 4.74 Å². The molecule has 0 saturated heterocycles. The molecule has 0 spiro atoms. The lowest BCUT2D eigenvalue weighted by Crippen LogP contribution is -2.14. The minimum Gasteiger partial charge on any atom is -0.423 e. The fourth-order valence-corrected chi connectivity index (χ4v) is 2.91. The van der Waals surface area contributed by atoms with Gasteiger partial charge in [-0.15, -0.1) is 0 Å². The van der Waals surface area contributed by atoms with Gasteiger partial charge in [0, 0.05) is 12.1 Å². The molecule has 0 heterocycles. The number of aryl methyl sites for hydroxylation is 1. The molecule has 0 radical (unpaired) electrons. The second kappa shape index (κ2) is 9.55. The van der Waals surface area contributed by atoms with E-state index >= 15 is 0 Å². The van der Waals surface area contributed by atoms with Gasteiger partial charge in [0.25, 0.3) is 0 Å². The van der Waals surface area contributed by atoms with Gasteiger partial charge in [-0.25, -0.2) is 26.7 Å². The Morgan fingerprint density at radius 3 is 1.90 bits per heavy atom. The van der Waals surface area contributed by atoms with Gasteiger partial charge in [-0.2, -0.15) is 0 Å². The van der Waals surface area contributed by atoms with Gasteiger partial charge in [-0.3, -0.25) is 0 Å². The van der Waals surface area contributed by atoms with Gasteiger partial charge in [-0.05, 0) is 35.2 Å². The molecule has 3 aromatic rings. The van der Waals surface area contributed by atoms with E-state index in [-0.39, 0.29) is 5.56 Å². The number of hydrogen-bond acceptors (Lipinski definition) is 2. The Hall–Kier alpha value is -3.48. The Balaban J connectivity index is 1.79. The van der Waals surface area contributed by atoms with E-state index in [4.69, 9.17) is 0 Å². The highest BCUT2D eigenvalue weighted by atomic mass is 19.2. The molecule has 0 atom stereocenters. The average molecular weight is 432 g/mol. The monoisotopic (exact) mass is 432 g/mol. The first-order valence-corrected chi connectivity index (χ1v) is 9.41. The third-order valence-corrected chi connectivity index (χ3v) is 4.42. The number of carbonyl (C=O) groups is 1. The van der Waals surface area contributed by atoms with Crippen LogP contribution in [0.15, 0.2) is 48.5 Å². The van der Waals surface area contributed by atoms with Crippen LogP contribution in [0.5, 0.6) is 5.75 Å². The Morgan fingerprint density at radius 2 is 1.35 bits per heavy atom. The normalized spacial score (nSPS) is 11.2. The van der Waals surface area contributed by atoms with Crippen molar-refractivity contribution in [2.24, 2.45) is 0 Å². The second-order valence-electron chi connectivity index (χ2n) is 6.77. The fourth-order valence-electron chi connectivity index (χ4n) is 2.91. The fraction of sp³-hybridized carbons (Fsp3) is 0.125. The van der Waals surface area contributed by atoms with Gasteiger partial charge in [0.15, 0.2) is 17.5 Å². The molecule has 0 unspecified atom stereocenters. The summed E-state index contributed by atoms with van der Waals surface area (Å²) < 4.78 is 72.8. The zero-order valence-electron chi connectivity index (χ0n) is 16.4. The molecule has 0 N–H and O–H groups in total. The Bertz CT molecular complexity index is 1090. The summed E-state index contributed by atoms with van der Waals surface area (Å²) in [6, 6.07) is 10.3. The van der Waals surface area contributed by atoms with Crippen LogP contribution >= 0.6 is 0 Å². The molecule has 0 aromatic heterocycles. The summed E-state index contributed by atoms with van der Waals surface area (Å²) >= 11 is 0. The number of hydrogen-bond donors (Lipinski definition) is 0. The minimum atomic E-state index is -1.76. The van der Waals surface area contributed by atoms with Gasteiger partial charge in [0.1, 0.15) is 22.9 Å². The molecular weight excluding hydrogens is 415 g/mol. The predicted octanol–water partition coefficient (Wildman–Crippen LogP) is 6.72. The lowest BCUT2D eigenvalue weighted by Gasteiger charge is -2.08. The average Bonchev–Trinajstić information content (AvgIpc) is 2.71. The molecule has 7 heteroatoms. The molecule has 0 fully saturated rings. The topological polar surface area (TPSA) is 26.3 Å². The maximum Gasteiger partial charge on any atom is 0.349 e. The summed E-state index contributed by atoms with van der Waals surface area (Å²) in [5.74, 6) is -9.64. The van der Waals surface area contributed by atoms with Crippen LogP contribution in [-0.4, -0.2) is 5.97 Å². The van der Waals surface area contributed by atoms with Crippen molar-refractivity contribution in [2.45, 2.75) is 19.8 Å². The third-order valence-electron chi connectivity index (χ3n) is 4.42. The molecule has 31 heavy (non-hydrogen) atoms. The lowest BCUT2D eigenvalue weighted by atomic mass is 10.1. The lowest BCUT2D eigenvalue weighted by molar-refractivity contribution is 0.0723. The van der Waals surface area contributed by atoms with Crippen molar-refractivity contribution in [3.8, 4) is 5.75 Å². The highest BCUT2D eigenvalue weighted by Gasteiger charge is 2.22. The second-order valence-corrected chi connectivity index (χ2v) is 6.77. The first-order chi connectivity index (χ1) is 14.8. The van der Waals surface area contributed by atoms with Crippen LogP contribution in [-0.2, 0) is 6.42 Å². The SMILES string of the molecule is CCCc1ccc(C=Cc2cc(F)c(C(=O)Oc3cc(F)c(F)c(F)c3)c(F)c2)cc1. The highest BCUT2D eigenvalue weighted by molar-refractivity contribution is 5.92. The summed E-state index contributed by atoms with van der Waals surface area (Å²) in [7, 11) is 0. The molecule has 0 aliphatic carbocycles. The first-order valence-electron chi connectivity index (χ1n) is 9.41. The van der Waals surface area contributed by atoms with Crippen LogP contribution in [0.2, 0.25) is 0 Å². The summed E-state index contributed by atoms with van der Waals surface area (Å²) in [5, 5.41) is 0. The molecule has 0 amide bonds. The zero-order valence-corrected chi connectivity index (χ0v) is 16.4. The maximum absolute atomic E-state index is 14.4. The predicted molar refractivity (Wildman–Crippen MR) is 107 cm³/mol. The highest BCUT2D eigenvalue weighted by Crippen LogP contribution is 2.23. The molecule has 160 valence electrons. The summed E-state index contributed by atoms with van der Waals surface area (Å²) in [5.41, 5.74) is 1.12. The van der Waals surface area contributed by atoms with Gasteiger partial charge in [0.2, 0.25) is 0 Å². The van der Waals surface area contributed by atoms with Crippen molar-refractivity contribution in [1.29, 1.82) is 0 Å². The number of rotatable bonds is 6. The number of ether oxygens (including phenoxy) is 1. The van der Waals surface area contributed by atoms with E-state index in [9.17, 15) is 26.7 Å².